The predicted molar refractivity (Wildman–Crippen MR) is 80.5 cm³/mol. The second kappa shape index (κ2) is 6.26. The van der Waals surface area contributed by atoms with E-state index in [2.05, 4.69) is 6.92 Å². The normalized spacial score (nSPS) is 21.5. The average molecular weight is 300 g/mol. The highest BCUT2D eigenvalue weighted by Gasteiger charge is 2.27. The third-order valence-electron chi connectivity index (χ3n) is 3.20. The van der Waals surface area contributed by atoms with Gasteiger partial charge in [0.1, 0.15) is 0 Å². The van der Waals surface area contributed by atoms with E-state index in [1.807, 2.05) is 36.0 Å². The van der Waals surface area contributed by atoms with Crippen molar-refractivity contribution in [2.24, 2.45) is 5.73 Å². The van der Waals surface area contributed by atoms with Gasteiger partial charge in [-0.25, -0.2) is 8.42 Å². The van der Waals surface area contributed by atoms with Gasteiger partial charge in [-0.3, -0.25) is 0 Å². The summed E-state index contributed by atoms with van der Waals surface area (Å²) in [7, 11) is -3.20. The van der Waals surface area contributed by atoms with Crippen LogP contribution in [0.5, 0.6) is 0 Å². The summed E-state index contributed by atoms with van der Waals surface area (Å²) in [5.41, 5.74) is 7.37. The van der Waals surface area contributed by atoms with Crippen LogP contribution in [0.4, 0.5) is 0 Å². The van der Waals surface area contributed by atoms with Gasteiger partial charge in [0.05, 0.1) is 5.75 Å². The summed E-state index contributed by atoms with van der Waals surface area (Å²) >= 11 is 1.83. The van der Waals surface area contributed by atoms with E-state index in [0.717, 1.165) is 16.9 Å². The predicted octanol–water partition coefficient (Wildman–Crippen LogP) is 1.41. The zero-order chi connectivity index (χ0) is 13.9. The number of hydrogen-bond acceptors (Lipinski definition) is 4. The Balaban J connectivity index is 2.07. The molecule has 0 amide bonds. The van der Waals surface area contributed by atoms with E-state index >= 15 is 0 Å². The number of rotatable bonds is 4. The maximum Gasteiger partial charge on any atom is 0.218 e. The second-order valence-corrected chi connectivity index (χ2v) is 8.33. The van der Waals surface area contributed by atoms with Gasteiger partial charge in [-0.2, -0.15) is 16.1 Å². The summed E-state index contributed by atoms with van der Waals surface area (Å²) in [6.45, 7) is 3.79. The van der Waals surface area contributed by atoms with Crippen LogP contribution in [-0.2, 0) is 22.3 Å². The fourth-order valence-electron chi connectivity index (χ4n) is 2.11. The van der Waals surface area contributed by atoms with Gasteiger partial charge in [-0.05, 0) is 11.1 Å². The van der Waals surface area contributed by atoms with Crippen molar-refractivity contribution < 1.29 is 8.42 Å². The highest BCUT2D eigenvalue weighted by Crippen LogP contribution is 2.22. The zero-order valence-electron chi connectivity index (χ0n) is 11.1. The van der Waals surface area contributed by atoms with Crippen molar-refractivity contribution >= 4 is 21.8 Å². The minimum absolute atomic E-state index is 0.0786. The van der Waals surface area contributed by atoms with Gasteiger partial charge in [0.15, 0.2) is 0 Å². The zero-order valence-corrected chi connectivity index (χ0v) is 12.7. The van der Waals surface area contributed by atoms with Crippen molar-refractivity contribution in [2.75, 3.05) is 18.8 Å². The molecule has 106 valence electrons. The molecule has 4 nitrogen and oxygen atoms in total. The van der Waals surface area contributed by atoms with Crippen LogP contribution in [0.15, 0.2) is 24.3 Å². The highest BCUT2D eigenvalue weighted by atomic mass is 32.2. The van der Waals surface area contributed by atoms with Crippen molar-refractivity contribution in [2.45, 2.75) is 24.5 Å². The first kappa shape index (κ1) is 14.8. The van der Waals surface area contributed by atoms with E-state index in [1.165, 1.54) is 0 Å². The number of sulfonamides is 1. The lowest BCUT2D eigenvalue weighted by Gasteiger charge is -2.29. The Morgan fingerprint density at radius 2 is 1.95 bits per heavy atom. The molecule has 0 spiro atoms. The van der Waals surface area contributed by atoms with Crippen LogP contribution in [0.3, 0.4) is 0 Å². The third kappa shape index (κ3) is 3.95. The first-order valence-corrected chi connectivity index (χ1v) is 9.04. The fraction of sp³-hybridized carbons (Fsp3) is 0.538. The molecule has 1 unspecified atom stereocenters. The van der Waals surface area contributed by atoms with E-state index in [0.29, 0.717) is 24.9 Å². The molecule has 1 aromatic rings. The van der Waals surface area contributed by atoms with Crippen LogP contribution < -0.4 is 5.73 Å². The first-order chi connectivity index (χ1) is 9.01. The SMILES string of the molecule is CC1CN(S(=O)(=O)Cc2ccc(CN)cc2)CCS1. The van der Waals surface area contributed by atoms with Gasteiger partial charge < -0.3 is 5.73 Å². The lowest BCUT2D eigenvalue weighted by atomic mass is 10.1. The summed E-state index contributed by atoms with van der Waals surface area (Å²) in [4.78, 5) is 0. The Kier molecular flexibility index (Phi) is 4.89. The Bertz CT molecular complexity index is 514. The number of thioether (sulfide) groups is 1. The lowest BCUT2D eigenvalue weighted by molar-refractivity contribution is 0.423. The Hall–Kier alpha value is -0.560. The second-order valence-electron chi connectivity index (χ2n) is 4.82. The van der Waals surface area contributed by atoms with E-state index in [4.69, 9.17) is 5.73 Å². The Morgan fingerprint density at radius 1 is 1.32 bits per heavy atom. The van der Waals surface area contributed by atoms with Gasteiger partial charge >= 0.3 is 0 Å². The molecule has 0 aliphatic carbocycles. The van der Waals surface area contributed by atoms with Crippen molar-refractivity contribution in [3.8, 4) is 0 Å². The minimum atomic E-state index is -3.20. The first-order valence-electron chi connectivity index (χ1n) is 6.38. The summed E-state index contributed by atoms with van der Waals surface area (Å²) < 4.78 is 26.3. The van der Waals surface area contributed by atoms with Gasteiger partial charge in [-0.1, -0.05) is 31.2 Å². The smallest absolute Gasteiger partial charge is 0.218 e. The van der Waals surface area contributed by atoms with Crippen molar-refractivity contribution in [3.05, 3.63) is 35.4 Å². The molecule has 1 aliphatic heterocycles. The highest BCUT2D eigenvalue weighted by molar-refractivity contribution is 8.00. The molecule has 1 aliphatic rings. The monoisotopic (exact) mass is 300 g/mol. The Labute approximate surface area is 119 Å². The van der Waals surface area contributed by atoms with Crippen LogP contribution in [0.2, 0.25) is 0 Å². The Morgan fingerprint density at radius 3 is 2.53 bits per heavy atom. The van der Waals surface area contributed by atoms with Gasteiger partial charge in [0.2, 0.25) is 10.0 Å². The fourth-order valence-corrected chi connectivity index (χ4v) is 4.95. The van der Waals surface area contributed by atoms with Gasteiger partial charge in [0.25, 0.3) is 0 Å². The molecule has 1 heterocycles. The summed E-state index contributed by atoms with van der Waals surface area (Å²) in [5, 5.41) is 0.378. The van der Waals surface area contributed by atoms with Crippen molar-refractivity contribution in [3.63, 3.8) is 0 Å². The molecule has 1 atom stereocenters. The van der Waals surface area contributed by atoms with Crippen LogP contribution in [0, 0.1) is 0 Å². The molecule has 1 fully saturated rings. The molecule has 1 aromatic carbocycles. The van der Waals surface area contributed by atoms with E-state index < -0.39 is 10.0 Å². The number of nitrogens with two attached hydrogens (primary N) is 1. The molecule has 6 heteroatoms. The maximum absolute atomic E-state index is 12.3. The third-order valence-corrected chi connectivity index (χ3v) is 6.16. The largest absolute Gasteiger partial charge is 0.326 e. The molecular formula is C13H20N2O2S2. The van der Waals surface area contributed by atoms with Gasteiger partial charge in [0, 0.05) is 30.6 Å². The quantitative estimate of drug-likeness (QED) is 0.913. The van der Waals surface area contributed by atoms with E-state index in [9.17, 15) is 8.42 Å². The average Bonchev–Trinajstić information content (AvgIpc) is 2.39. The molecule has 2 N–H and O–H groups in total. The van der Waals surface area contributed by atoms with Gasteiger partial charge in [-0.15, -0.1) is 0 Å². The molecule has 0 radical (unpaired) electrons. The standard InChI is InChI=1S/C13H20N2O2S2/c1-11-9-15(6-7-18-11)19(16,17)10-13-4-2-12(8-14)3-5-13/h2-5,11H,6-10,14H2,1H3. The lowest BCUT2D eigenvalue weighted by Crippen LogP contribution is -2.41. The molecule has 19 heavy (non-hydrogen) atoms. The molecule has 0 saturated carbocycles. The summed E-state index contributed by atoms with van der Waals surface area (Å²) in [6.07, 6.45) is 0. The molecule has 2 rings (SSSR count). The van der Waals surface area contributed by atoms with Crippen LogP contribution in [0.1, 0.15) is 18.1 Å². The van der Waals surface area contributed by atoms with Crippen LogP contribution >= 0.6 is 11.8 Å². The minimum Gasteiger partial charge on any atom is -0.326 e. The maximum atomic E-state index is 12.3. The topological polar surface area (TPSA) is 63.4 Å². The van der Waals surface area contributed by atoms with E-state index in [-0.39, 0.29) is 5.75 Å². The summed E-state index contributed by atoms with van der Waals surface area (Å²) in [5.74, 6) is 0.960. The molecule has 0 bridgehead atoms. The number of hydrogen-bond donors (Lipinski definition) is 1. The van der Waals surface area contributed by atoms with Crippen molar-refractivity contribution in [1.29, 1.82) is 0 Å². The van der Waals surface area contributed by atoms with Crippen LogP contribution in [-0.4, -0.2) is 36.8 Å². The van der Waals surface area contributed by atoms with Crippen molar-refractivity contribution in [1.82, 2.24) is 4.31 Å². The number of benzene rings is 1. The number of nitrogens with zero attached hydrogens (tertiary/aromatic N) is 1. The molecular weight excluding hydrogens is 280 g/mol. The molecule has 0 aromatic heterocycles. The van der Waals surface area contributed by atoms with E-state index in [1.54, 1.807) is 4.31 Å². The van der Waals surface area contributed by atoms with Crippen LogP contribution in [0.25, 0.3) is 0 Å². The molecule has 1 saturated heterocycles. The summed E-state index contributed by atoms with van der Waals surface area (Å²) in [6, 6.07) is 7.48.